The molecular weight excluding hydrogens is 268 g/mol. The van der Waals surface area contributed by atoms with Gasteiger partial charge in [-0.15, -0.1) is 0 Å². The molecule has 0 unspecified atom stereocenters. The summed E-state index contributed by atoms with van der Waals surface area (Å²) in [7, 11) is 0. The van der Waals surface area contributed by atoms with E-state index < -0.39 is 0 Å². The van der Waals surface area contributed by atoms with E-state index in [1.54, 1.807) is 12.3 Å². The van der Waals surface area contributed by atoms with E-state index in [1.807, 2.05) is 31.2 Å². The molecule has 0 bridgehead atoms. The van der Waals surface area contributed by atoms with Crippen molar-refractivity contribution in [1.82, 2.24) is 0 Å². The molecule has 2 rings (SSSR count). The Labute approximate surface area is 102 Å². The topological polar surface area (TPSA) is 30.2 Å². The van der Waals surface area contributed by atoms with Crippen molar-refractivity contribution < 1.29 is 9.21 Å². The molecule has 1 aromatic carbocycles. The number of halogens is 1. The van der Waals surface area contributed by atoms with Crippen LogP contribution in [-0.4, -0.2) is 5.78 Å². The van der Waals surface area contributed by atoms with E-state index in [4.69, 9.17) is 4.42 Å². The summed E-state index contributed by atoms with van der Waals surface area (Å²) in [4.78, 5) is 12.0. The summed E-state index contributed by atoms with van der Waals surface area (Å²) < 4.78 is 6.08. The molecular formula is C13H11BrO2. The summed E-state index contributed by atoms with van der Waals surface area (Å²) in [6, 6.07) is 9.31. The number of carbonyl (C=O) groups excluding carboxylic acids is 1. The zero-order chi connectivity index (χ0) is 11.5. The fraction of sp³-hybridized carbons (Fsp3) is 0.154. The molecule has 0 saturated heterocycles. The molecule has 0 fully saturated rings. The highest BCUT2D eigenvalue weighted by Crippen LogP contribution is 2.18. The normalized spacial score (nSPS) is 10.4. The monoisotopic (exact) mass is 278 g/mol. The molecule has 2 aromatic rings. The molecule has 0 spiro atoms. The molecule has 82 valence electrons. The Kier molecular flexibility index (Phi) is 3.25. The van der Waals surface area contributed by atoms with E-state index >= 15 is 0 Å². The van der Waals surface area contributed by atoms with E-state index in [1.165, 1.54) is 0 Å². The first-order valence-electron chi connectivity index (χ1n) is 4.98. The molecule has 0 N–H and O–H groups in total. The van der Waals surface area contributed by atoms with Crippen LogP contribution in [0.15, 0.2) is 45.5 Å². The predicted octanol–water partition coefficient (Wildman–Crippen LogP) is 3.78. The highest BCUT2D eigenvalue weighted by molar-refractivity contribution is 9.10. The van der Waals surface area contributed by atoms with Crippen LogP contribution in [-0.2, 0) is 6.42 Å². The van der Waals surface area contributed by atoms with E-state index in [9.17, 15) is 4.79 Å². The third-order valence-electron chi connectivity index (χ3n) is 2.41. The largest absolute Gasteiger partial charge is 0.469 e. The highest BCUT2D eigenvalue weighted by atomic mass is 79.9. The summed E-state index contributed by atoms with van der Waals surface area (Å²) in [5, 5.41) is 0. The maximum Gasteiger partial charge on any atom is 0.170 e. The van der Waals surface area contributed by atoms with E-state index in [2.05, 4.69) is 15.9 Å². The molecule has 2 nitrogen and oxygen atoms in total. The molecule has 0 aliphatic carbocycles. The molecule has 1 heterocycles. The molecule has 0 radical (unpaired) electrons. The van der Waals surface area contributed by atoms with Gasteiger partial charge in [0.15, 0.2) is 5.78 Å². The van der Waals surface area contributed by atoms with Crippen molar-refractivity contribution in [3.05, 3.63) is 58.0 Å². The lowest BCUT2D eigenvalue weighted by Gasteiger charge is -2.04. The number of rotatable bonds is 3. The number of furan rings is 1. The Morgan fingerprint density at radius 1 is 1.38 bits per heavy atom. The second-order valence-corrected chi connectivity index (χ2v) is 4.55. The van der Waals surface area contributed by atoms with Gasteiger partial charge in [0.1, 0.15) is 5.76 Å². The minimum absolute atomic E-state index is 0.0775. The fourth-order valence-electron chi connectivity index (χ4n) is 1.56. The molecule has 0 aliphatic rings. The lowest BCUT2D eigenvalue weighted by molar-refractivity contribution is 0.0986. The summed E-state index contributed by atoms with van der Waals surface area (Å²) in [5.74, 6) is 0.776. The summed E-state index contributed by atoms with van der Waals surface area (Å²) >= 11 is 3.37. The van der Waals surface area contributed by atoms with Gasteiger partial charge in [0.25, 0.3) is 0 Å². The van der Waals surface area contributed by atoms with Gasteiger partial charge >= 0.3 is 0 Å². The number of aryl methyl sites for hydroxylation is 1. The van der Waals surface area contributed by atoms with Crippen molar-refractivity contribution in [3.63, 3.8) is 0 Å². The van der Waals surface area contributed by atoms with Gasteiger partial charge < -0.3 is 4.42 Å². The quantitative estimate of drug-likeness (QED) is 0.800. The van der Waals surface area contributed by atoms with Crippen LogP contribution in [0.4, 0.5) is 0 Å². The van der Waals surface area contributed by atoms with Crippen molar-refractivity contribution in [2.45, 2.75) is 13.3 Å². The van der Waals surface area contributed by atoms with Crippen molar-refractivity contribution in [2.24, 2.45) is 0 Å². The molecule has 0 aliphatic heterocycles. The smallest absolute Gasteiger partial charge is 0.170 e. The maximum absolute atomic E-state index is 12.0. The minimum atomic E-state index is 0.0775. The number of benzene rings is 1. The Morgan fingerprint density at radius 3 is 2.88 bits per heavy atom. The number of carbonyl (C=O) groups is 1. The third kappa shape index (κ3) is 2.42. The summed E-state index contributed by atoms with van der Waals surface area (Å²) in [5.41, 5.74) is 1.73. The second-order valence-electron chi connectivity index (χ2n) is 3.64. The van der Waals surface area contributed by atoms with Crippen LogP contribution >= 0.6 is 15.9 Å². The van der Waals surface area contributed by atoms with Gasteiger partial charge in [-0.05, 0) is 36.8 Å². The number of ketones is 1. The van der Waals surface area contributed by atoms with Gasteiger partial charge in [-0.2, -0.15) is 0 Å². The zero-order valence-corrected chi connectivity index (χ0v) is 10.5. The third-order valence-corrected chi connectivity index (χ3v) is 2.91. The van der Waals surface area contributed by atoms with Crippen molar-refractivity contribution in [1.29, 1.82) is 0 Å². The van der Waals surface area contributed by atoms with Crippen molar-refractivity contribution >= 4 is 21.7 Å². The van der Waals surface area contributed by atoms with Crippen LogP contribution in [0.2, 0.25) is 0 Å². The van der Waals surface area contributed by atoms with Gasteiger partial charge in [-0.3, -0.25) is 4.79 Å². The van der Waals surface area contributed by atoms with Crippen molar-refractivity contribution in [2.75, 3.05) is 0 Å². The maximum atomic E-state index is 12.0. The Morgan fingerprint density at radius 2 is 2.19 bits per heavy atom. The van der Waals surface area contributed by atoms with Gasteiger partial charge in [-0.1, -0.05) is 22.0 Å². The van der Waals surface area contributed by atoms with E-state index in [-0.39, 0.29) is 5.78 Å². The Hall–Kier alpha value is -1.35. The van der Waals surface area contributed by atoms with Gasteiger partial charge in [0, 0.05) is 10.0 Å². The number of hydrogen-bond donors (Lipinski definition) is 0. The van der Waals surface area contributed by atoms with Crippen LogP contribution in [0.5, 0.6) is 0 Å². The standard InChI is InChI=1S/C13H11BrO2/c1-9-4-5-10(14)7-12(9)13(15)8-11-3-2-6-16-11/h2-7H,8H2,1H3. The Bertz CT molecular complexity index is 501. The van der Waals surface area contributed by atoms with Crippen molar-refractivity contribution in [3.8, 4) is 0 Å². The molecule has 0 saturated carbocycles. The second kappa shape index (κ2) is 4.66. The number of hydrogen-bond acceptors (Lipinski definition) is 2. The fourth-order valence-corrected chi connectivity index (χ4v) is 1.92. The Balaban J connectivity index is 2.24. The lowest BCUT2D eigenvalue weighted by atomic mass is 10.0. The molecule has 0 atom stereocenters. The SMILES string of the molecule is Cc1ccc(Br)cc1C(=O)Cc1ccco1. The van der Waals surface area contributed by atoms with Crippen LogP contribution in [0.1, 0.15) is 21.7 Å². The van der Waals surface area contributed by atoms with Gasteiger partial charge in [-0.25, -0.2) is 0 Å². The number of Topliss-reactive ketones (excluding diaryl/α,β-unsaturated/α-hetero) is 1. The average Bonchev–Trinajstić information content (AvgIpc) is 2.74. The van der Waals surface area contributed by atoms with Crippen LogP contribution in [0.3, 0.4) is 0 Å². The molecule has 1 aromatic heterocycles. The van der Waals surface area contributed by atoms with Gasteiger partial charge in [0.05, 0.1) is 12.7 Å². The van der Waals surface area contributed by atoms with E-state index in [0.717, 1.165) is 15.6 Å². The average molecular weight is 279 g/mol. The molecule has 3 heteroatoms. The van der Waals surface area contributed by atoms with Crippen LogP contribution in [0, 0.1) is 6.92 Å². The van der Waals surface area contributed by atoms with Crippen LogP contribution < -0.4 is 0 Å². The lowest BCUT2D eigenvalue weighted by Crippen LogP contribution is -2.04. The summed E-state index contributed by atoms with van der Waals surface area (Å²) in [6.07, 6.45) is 1.89. The first-order chi connectivity index (χ1) is 7.66. The molecule has 16 heavy (non-hydrogen) atoms. The predicted molar refractivity (Wildman–Crippen MR) is 65.6 cm³/mol. The van der Waals surface area contributed by atoms with Crippen LogP contribution in [0.25, 0.3) is 0 Å². The van der Waals surface area contributed by atoms with Gasteiger partial charge in [0.2, 0.25) is 0 Å². The summed E-state index contributed by atoms with van der Waals surface area (Å²) in [6.45, 7) is 1.93. The minimum Gasteiger partial charge on any atom is -0.469 e. The van der Waals surface area contributed by atoms with E-state index in [0.29, 0.717) is 12.2 Å². The first kappa shape index (κ1) is 11.1. The molecule has 0 amide bonds. The first-order valence-corrected chi connectivity index (χ1v) is 5.78. The highest BCUT2D eigenvalue weighted by Gasteiger charge is 2.11. The zero-order valence-electron chi connectivity index (χ0n) is 8.87.